The number of carbonyl (C=O) groups excluding carboxylic acids is 1. The van der Waals surface area contributed by atoms with Crippen LogP contribution in [0.25, 0.3) is 0 Å². The highest BCUT2D eigenvalue weighted by atomic mass is 28.4. The van der Waals surface area contributed by atoms with Crippen LogP contribution in [0.5, 0.6) is 0 Å². The van der Waals surface area contributed by atoms with E-state index in [0.717, 1.165) is 0 Å². The molecule has 2 aromatic carbocycles. The first-order valence-electron chi connectivity index (χ1n) is 11.3. The quantitative estimate of drug-likeness (QED) is 0.604. The van der Waals surface area contributed by atoms with E-state index < -0.39 is 20.0 Å². The maximum absolute atomic E-state index is 12.7. The Hall–Kier alpha value is -2.15. The third-order valence-electron chi connectivity index (χ3n) is 5.29. The van der Waals surface area contributed by atoms with E-state index in [2.05, 4.69) is 69.3 Å². The van der Waals surface area contributed by atoms with Crippen LogP contribution in [0.2, 0.25) is 5.04 Å². The molecule has 0 aliphatic heterocycles. The summed E-state index contributed by atoms with van der Waals surface area (Å²) >= 11 is 0. The second-order valence-corrected chi connectivity index (χ2v) is 14.5. The van der Waals surface area contributed by atoms with Crippen LogP contribution in [-0.2, 0) is 9.16 Å². The number of amides is 1. The van der Waals surface area contributed by atoms with E-state index in [1.54, 1.807) is 0 Å². The van der Waals surface area contributed by atoms with E-state index in [0.29, 0.717) is 6.54 Å². The van der Waals surface area contributed by atoms with E-state index in [9.17, 15) is 9.90 Å². The fourth-order valence-corrected chi connectivity index (χ4v) is 8.74. The molecule has 176 valence electrons. The third-order valence-corrected chi connectivity index (χ3v) is 10.5. The first-order chi connectivity index (χ1) is 14.9. The summed E-state index contributed by atoms with van der Waals surface area (Å²) in [5.74, 6) is 0. The van der Waals surface area contributed by atoms with Gasteiger partial charge in [-0.1, -0.05) is 81.4 Å². The maximum Gasteiger partial charge on any atom is 0.410 e. The molecule has 1 N–H and O–H groups in total. The predicted molar refractivity (Wildman–Crippen MR) is 133 cm³/mol. The average Bonchev–Trinajstić information content (AvgIpc) is 2.71. The number of benzene rings is 2. The zero-order valence-corrected chi connectivity index (χ0v) is 21.6. The van der Waals surface area contributed by atoms with Gasteiger partial charge in [0.1, 0.15) is 5.60 Å². The van der Waals surface area contributed by atoms with Gasteiger partial charge in [-0.15, -0.1) is 0 Å². The fourth-order valence-electron chi connectivity index (χ4n) is 4.04. The standard InChI is InChI=1S/C26H39NO4Si/c1-21(20-27(18-19-28)24(29)30-25(2,3)4)31-32(26(5,6)7,22-14-10-8-11-15-22)23-16-12-9-13-17-23/h8-17,21,28H,18-20H2,1-7H3/t21-/m1/s1. The SMILES string of the molecule is C[C@H](CN(CCO)C(=O)OC(C)(C)C)O[Si](c1ccccc1)(c1ccccc1)C(C)(C)C. The van der Waals surface area contributed by atoms with Crippen LogP contribution in [0.1, 0.15) is 48.5 Å². The molecule has 0 fully saturated rings. The topological polar surface area (TPSA) is 59.0 Å². The lowest BCUT2D eigenvalue weighted by Gasteiger charge is -2.45. The lowest BCUT2D eigenvalue weighted by molar-refractivity contribution is 0.0140. The van der Waals surface area contributed by atoms with Gasteiger partial charge in [-0.05, 0) is 43.1 Å². The van der Waals surface area contributed by atoms with E-state index in [4.69, 9.17) is 9.16 Å². The molecule has 1 amide bonds. The fraction of sp³-hybridized carbons (Fsp3) is 0.500. The van der Waals surface area contributed by atoms with Crippen LogP contribution in [-0.4, -0.2) is 55.8 Å². The Labute approximate surface area is 194 Å². The van der Waals surface area contributed by atoms with Crippen LogP contribution in [0, 0.1) is 0 Å². The van der Waals surface area contributed by atoms with Gasteiger partial charge in [-0.25, -0.2) is 4.79 Å². The van der Waals surface area contributed by atoms with E-state index in [1.165, 1.54) is 15.3 Å². The summed E-state index contributed by atoms with van der Waals surface area (Å²) in [5, 5.41) is 11.8. The molecule has 0 aliphatic rings. The average molecular weight is 458 g/mol. The molecule has 0 saturated heterocycles. The number of nitrogens with zero attached hydrogens (tertiary/aromatic N) is 1. The minimum Gasteiger partial charge on any atom is -0.444 e. The summed E-state index contributed by atoms with van der Waals surface area (Å²) in [6.45, 7) is 14.6. The van der Waals surface area contributed by atoms with Gasteiger partial charge in [0.15, 0.2) is 0 Å². The molecule has 0 aromatic heterocycles. The van der Waals surface area contributed by atoms with Crippen LogP contribution in [0.15, 0.2) is 60.7 Å². The molecule has 2 aromatic rings. The lowest BCUT2D eigenvalue weighted by Crippen LogP contribution is -2.68. The Morgan fingerprint density at radius 3 is 1.78 bits per heavy atom. The number of aliphatic hydroxyl groups is 1. The van der Waals surface area contributed by atoms with Gasteiger partial charge >= 0.3 is 6.09 Å². The molecule has 0 saturated carbocycles. The van der Waals surface area contributed by atoms with Crippen molar-refractivity contribution in [1.82, 2.24) is 4.90 Å². The van der Waals surface area contributed by atoms with Crippen molar-refractivity contribution in [1.29, 1.82) is 0 Å². The molecule has 0 unspecified atom stereocenters. The van der Waals surface area contributed by atoms with Crippen molar-refractivity contribution in [2.24, 2.45) is 0 Å². The van der Waals surface area contributed by atoms with Crippen LogP contribution < -0.4 is 10.4 Å². The normalized spacial score (nSPS) is 13.5. The second-order valence-electron chi connectivity index (χ2n) is 10.2. The van der Waals surface area contributed by atoms with Gasteiger partial charge < -0.3 is 19.2 Å². The smallest absolute Gasteiger partial charge is 0.410 e. The van der Waals surface area contributed by atoms with Crippen LogP contribution in [0.4, 0.5) is 4.79 Å². The summed E-state index contributed by atoms with van der Waals surface area (Å²) < 4.78 is 12.6. The largest absolute Gasteiger partial charge is 0.444 e. The Morgan fingerprint density at radius 1 is 0.938 bits per heavy atom. The first-order valence-corrected chi connectivity index (χ1v) is 13.2. The molecular formula is C26H39NO4Si. The Kier molecular flexibility index (Phi) is 8.68. The molecule has 5 nitrogen and oxygen atoms in total. The minimum atomic E-state index is -2.73. The summed E-state index contributed by atoms with van der Waals surface area (Å²) in [4.78, 5) is 14.3. The highest BCUT2D eigenvalue weighted by Gasteiger charge is 2.51. The molecule has 32 heavy (non-hydrogen) atoms. The second kappa shape index (κ2) is 10.6. The Balaban J connectivity index is 2.44. The molecule has 6 heteroatoms. The summed E-state index contributed by atoms with van der Waals surface area (Å²) in [6.07, 6.45) is -0.704. The zero-order valence-electron chi connectivity index (χ0n) is 20.6. The van der Waals surface area contributed by atoms with Crippen LogP contribution in [0.3, 0.4) is 0 Å². The highest BCUT2D eigenvalue weighted by Crippen LogP contribution is 2.37. The van der Waals surface area contributed by atoms with Gasteiger partial charge in [0.25, 0.3) is 8.32 Å². The molecule has 0 heterocycles. The monoisotopic (exact) mass is 457 g/mol. The number of ether oxygens (including phenoxy) is 1. The molecule has 2 rings (SSSR count). The van der Waals surface area contributed by atoms with E-state index >= 15 is 0 Å². The van der Waals surface area contributed by atoms with E-state index in [1.807, 2.05) is 39.8 Å². The number of hydrogen-bond donors (Lipinski definition) is 1. The van der Waals surface area contributed by atoms with Crippen molar-refractivity contribution in [3.63, 3.8) is 0 Å². The van der Waals surface area contributed by atoms with Gasteiger partial charge in [0.05, 0.1) is 12.7 Å². The summed E-state index contributed by atoms with van der Waals surface area (Å²) in [6, 6.07) is 20.9. The van der Waals surface area contributed by atoms with Gasteiger partial charge in [0, 0.05) is 13.1 Å². The number of aliphatic hydroxyl groups excluding tert-OH is 1. The molecule has 0 aliphatic carbocycles. The third kappa shape index (κ3) is 6.44. The summed E-state index contributed by atoms with van der Waals surface area (Å²) in [5.41, 5.74) is -0.604. The summed E-state index contributed by atoms with van der Waals surface area (Å²) in [7, 11) is -2.73. The van der Waals surface area contributed by atoms with Crippen molar-refractivity contribution >= 4 is 24.8 Å². The van der Waals surface area contributed by atoms with Crippen molar-refractivity contribution in [2.45, 2.75) is 65.2 Å². The van der Waals surface area contributed by atoms with Crippen molar-refractivity contribution in [3.05, 3.63) is 60.7 Å². The van der Waals surface area contributed by atoms with Crippen molar-refractivity contribution in [2.75, 3.05) is 19.7 Å². The number of carbonyl (C=O) groups is 1. The van der Waals surface area contributed by atoms with Gasteiger partial charge in [0.2, 0.25) is 0 Å². The Bertz CT molecular complexity index is 804. The molecular weight excluding hydrogens is 418 g/mol. The Morgan fingerprint density at radius 2 is 1.41 bits per heavy atom. The highest BCUT2D eigenvalue weighted by molar-refractivity contribution is 6.99. The van der Waals surface area contributed by atoms with Gasteiger partial charge in [-0.3, -0.25) is 0 Å². The molecule has 0 bridgehead atoms. The van der Waals surface area contributed by atoms with Gasteiger partial charge in [-0.2, -0.15) is 0 Å². The predicted octanol–water partition coefficient (Wildman–Crippen LogP) is 4.18. The molecule has 1 atom stereocenters. The lowest BCUT2D eigenvalue weighted by atomic mass is 10.2. The molecule has 0 radical (unpaired) electrons. The molecule has 0 spiro atoms. The number of rotatable bonds is 8. The number of hydrogen-bond acceptors (Lipinski definition) is 4. The van der Waals surface area contributed by atoms with Crippen molar-refractivity contribution in [3.8, 4) is 0 Å². The minimum absolute atomic E-state index is 0.134. The maximum atomic E-state index is 12.7. The first kappa shape index (κ1) is 26.1. The van der Waals surface area contributed by atoms with Crippen molar-refractivity contribution < 1.29 is 19.1 Å². The van der Waals surface area contributed by atoms with Crippen LogP contribution >= 0.6 is 0 Å². The zero-order chi connectivity index (χ0) is 24.0. The van der Waals surface area contributed by atoms with E-state index in [-0.39, 0.29) is 24.3 Å².